The lowest BCUT2D eigenvalue weighted by Gasteiger charge is -2.28. The molecule has 1 aromatic carbocycles. The number of ether oxygens (including phenoxy) is 2. The number of hydrogen-bond acceptors (Lipinski definition) is 8. The first-order chi connectivity index (χ1) is 18.3. The minimum atomic E-state index is -0.542. The molecule has 3 rings (SSSR count). The van der Waals surface area contributed by atoms with Gasteiger partial charge in [0, 0.05) is 61.0 Å². The second-order valence-corrected chi connectivity index (χ2v) is 8.65. The van der Waals surface area contributed by atoms with Crippen LogP contribution in [0, 0.1) is 10.1 Å². The number of aliphatic imine (C=N–C) groups is 1. The lowest BCUT2D eigenvalue weighted by atomic mass is 10.2. The van der Waals surface area contributed by atoms with Crippen molar-refractivity contribution in [3.05, 3.63) is 57.9 Å². The molecule has 2 aliphatic heterocycles. The molecule has 0 spiro atoms. The lowest BCUT2D eigenvalue weighted by Crippen LogP contribution is -2.37. The molecule has 0 radical (unpaired) electrons. The van der Waals surface area contributed by atoms with Gasteiger partial charge in [-0.05, 0) is 58.3 Å². The summed E-state index contributed by atoms with van der Waals surface area (Å²) in [5, 5.41) is 9.59. The molecular formula is C28H54N6O4. The van der Waals surface area contributed by atoms with Crippen molar-refractivity contribution in [3.8, 4) is 0 Å². The van der Waals surface area contributed by atoms with Gasteiger partial charge >= 0.3 is 0 Å². The Bertz CT molecular complexity index is 707. The Morgan fingerprint density at radius 1 is 1.05 bits per heavy atom. The van der Waals surface area contributed by atoms with Crippen LogP contribution in [-0.4, -0.2) is 99.8 Å². The molecule has 0 unspecified atom stereocenters. The third kappa shape index (κ3) is 22.7. The average molecular weight is 539 g/mol. The number of hydrogen-bond donors (Lipinski definition) is 1. The van der Waals surface area contributed by atoms with Crippen LogP contribution in [0.5, 0.6) is 0 Å². The van der Waals surface area contributed by atoms with Crippen molar-refractivity contribution in [3.63, 3.8) is 0 Å². The highest BCUT2D eigenvalue weighted by Gasteiger charge is 2.11. The second kappa shape index (κ2) is 27.5. The predicted molar refractivity (Wildman–Crippen MR) is 159 cm³/mol. The standard InChI is InChI=1S/C14H21N3.C6H13N.C3H6N2O2.C3H8O.C2H6O/c1-2-16(11-14-7-4-3-5-8-14)12-15-13-17-9-6-10-17;1-2-7-5-3-4-6-7;1-3(2-4)5(6)7;1-3-4-2;1-3-2/h3-5,7-8,12H,2,6,9-11,13H2,1H3;2-6H2,1H3;2H,4H2,1H3;3H2,1-2H3;1-2H3/b15-12+;;3-2+;;. The Morgan fingerprint density at radius 2 is 1.58 bits per heavy atom. The van der Waals surface area contributed by atoms with E-state index >= 15 is 0 Å². The maximum Gasteiger partial charge on any atom is 0.258 e. The monoisotopic (exact) mass is 538 g/mol. The maximum absolute atomic E-state index is 9.59. The highest BCUT2D eigenvalue weighted by molar-refractivity contribution is 5.54. The Kier molecular flexibility index (Phi) is 27.2. The van der Waals surface area contributed by atoms with Crippen molar-refractivity contribution < 1.29 is 14.4 Å². The highest BCUT2D eigenvalue weighted by atomic mass is 16.6. The summed E-state index contributed by atoms with van der Waals surface area (Å²) in [5.41, 5.74) is 6.08. The third-order valence-electron chi connectivity index (χ3n) is 5.57. The Balaban J connectivity index is 0. The number of allylic oxidation sites excluding steroid dienone is 1. The van der Waals surface area contributed by atoms with Gasteiger partial charge < -0.3 is 25.0 Å². The molecule has 220 valence electrons. The van der Waals surface area contributed by atoms with Gasteiger partial charge in [-0.2, -0.15) is 0 Å². The molecule has 1 aromatic rings. The van der Waals surface area contributed by atoms with E-state index in [1.165, 1.54) is 64.5 Å². The van der Waals surface area contributed by atoms with Crippen LogP contribution in [0.15, 0.2) is 47.2 Å². The molecule has 0 saturated carbocycles. The summed E-state index contributed by atoms with van der Waals surface area (Å²) in [6, 6.07) is 10.5. The second-order valence-electron chi connectivity index (χ2n) is 8.65. The molecule has 2 saturated heterocycles. The Hall–Kier alpha value is -2.53. The van der Waals surface area contributed by atoms with E-state index in [2.05, 4.69) is 73.3 Å². The SMILES string of the molecule is C/C(=C\N)[N+](=O)[O-].CCN(/C=N/CN1CCC1)Cc1ccccc1.CCN1CCCC1.CCOC.COC. The summed E-state index contributed by atoms with van der Waals surface area (Å²) in [5.74, 6) is 0. The van der Waals surface area contributed by atoms with E-state index < -0.39 is 4.92 Å². The van der Waals surface area contributed by atoms with Gasteiger partial charge in [-0.1, -0.05) is 37.3 Å². The molecule has 38 heavy (non-hydrogen) atoms. The molecular weight excluding hydrogens is 484 g/mol. The van der Waals surface area contributed by atoms with Gasteiger partial charge in [0.15, 0.2) is 0 Å². The zero-order chi connectivity index (χ0) is 29.0. The van der Waals surface area contributed by atoms with Crippen LogP contribution in [0.4, 0.5) is 0 Å². The van der Waals surface area contributed by atoms with Crippen molar-refractivity contribution in [2.45, 2.75) is 53.5 Å². The van der Waals surface area contributed by atoms with Crippen LogP contribution in [0.25, 0.3) is 0 Å². The first kappa shape index (κ1) is 37.6. The molecule has 2 heterocycles. The summed E-state index contributed by atoms with van der Waals surface area (Å²) in [6.07, 6.45) is 7.13. The molecule has 10 heteroatoms. The summed E-state index contributed by atoms with van der Waals surface area (Å²) in [7, 11) is 4.93. The first-order valence-electron chi connectivity index (χ1n) is 13.5. The van der Waals surface area contributed by atoms with Crippen LogP contribution < -0.4 is 5.73 Å². The van der Waals surface area contributed by atoms with Gasteiger partial charge in [0.25, 0.3) is 5.70 Å². The molecule has 2 aliphatic rings. The van der Waals surface area contributed by atoms with E-state index in [1.807, 2.05) is 13.3 Å². The van der Waals surface area contributed by atoms with Gasteiger partial charge in [-0.25, -0.2) is 0 Å². The van der Waals surface area contributed by atoms with E-state index in [4.69, 9.17) is 5.73 Å². The molecule has 0 bridgehead atoms. The molecule has 10 nitrogen and oxygen atoms in total. The summed E-state index contributed by atoms with van der Waals surface area (Å²) >= 11 is 0. The fraction of sp³-hybridized carbons (Fsp3) is 0.679. The third-order valence-corrected chi connectivity index (χ3v) is 5.57. The van der Waals surface area contributed by atoms with E-state index in [9.17, 15) is 10.1 Å². The molecule has 0 amide bonds. The van der Waals surface area contributed by atoms with Crippen molar-refractivity contribution in [2.24, 2.45) is 10.7 Å². The number of benzene rings is 1. The van der Waals surface area contributed by atoms with Crippen LogP contribution in [0.1, 0.15) is 52.5 Å². The van der Waals surface area contributed by atoms with E-state index in [-0.39, 0.29) is 5.70 Å². The molecule has 2 fully saturated rings. The zero-order valence-corrected chi connectivity index (χ0v) is 25.0. The smallest absolute Gasteiger partial charge is 0.258 e. The lowest BCUT2D eigenvalue weighted by molar-refractivity contribution is -0.424. The Morgan fingerprint density at radius 3 is 1.89 bits per heavy atom. The quantitative estimate of drug-likeness (QED) is 0.214. The summed E-state index contributed by atoms with van der Waals surface area (Å²) in [6.45, 7) is 17.7. The van der Waals surface area contributed by atoms with Gasteiger partial charge in [0.1, 0.15) is 0 Å². The number of rotatable bonds is 9. The number of nitro groups is 1. The van der Waals surface area contributed by atoms with Crippen molar-refractivity contribution in [1.29, 1.82) is 0 Å². The predicted octanol–water partition coefficient (Wildman–Crippen LogP) is 4.30. The normalized spacial score (nSPS) is 14.9. The molecule has 2 N–H and O–H groups in total. The molecule has 0 aromatic heterocycles. The van der Waals surface area contributed by atoms with E-state index in [0.717, 1.165) is 32.6 Å². The van der Waals surface area contributed by atoms with Gasteiger partial charge in [0.05, 0.1) is 24.1 Å². The number of nitrogens with two attached hydrogens (primary N) is 1. The summed E-state index contributed by atoms with van der Waals surface area (Å²) in [4.78, 5) is 20.6. The molecule has 0 aliphatic carbocycles. The Labute approximate surface area is 231 Å². The van der Waals surface area contributed by atoms with Crippen molar-refractivity contribution in [1.82, 2.24) is 14.7 Å². The topological polar surface area (TPSA) is 110 Å². The van der Waals surface area contributed by atoms with E-state index in [0.29, 0.717) is 0 Å². The minimum Gasteiger partial charge on any atom is -0.399 e. The van der Waals surface area contributed by atoms with Crippen molar-refractivity contribution >= 4 is 6.34 Å². The number of nitrogens with zero attached hydrogens (tertiary/aromatic N) is 5. The highest BCUT2D eigenvalue weighted by Crippen LogP contribution is 2.06. The maximum atomic E-state index is 9.59. The minimum absolute atomic E-state index is 0.0278. The van der Waals surface area contributed by atoms with Crippen LogP contribution >= 0.6 is 0 Å². The van der Waals surface area contributed by atoms with Crippen LogP contribution in [0.3, 0.4) is 0 Å². The van der Waals surface area contributed by atoms with E-state index in [1.54, 1.807) is 21.3 Å². The van der Waals surface area contributed by atoms with Crippen LogP contribution in [-0.2, 0) is 16.0 Å². The number of likely N-dealkylation sites (tertiary alicyclic amines) is 2. The average Bonchev–Trinajstić information content (AvgIpc) is 3.45. The van der Waals surface area contributed by atoms with Gasteiger partial charge in [-0.3, -0.25) is 20.0 Å². The van der Waals surface area contributed by atoms with Gasteiger partial charge in [0.2, 0.25) is 0 Å². The van der Waals surface area contributed by atoms with Gasteiger partial charge in [-0.15, -0.1) is 0 Å². The number of methoxy groups -OCH3 is 2. The fourth-order valence-corrected chi connectivity index (χ4v) is 3.00. The van der Waals surface area contributed by atoms with Crippen molar-refractivity contribution in [2.75, 3.05) is 73.9 Å². The van der Waals surface area contributed by atoms with Crippen LogP contribution in [0.2, 0.25) is 0 Å². The first-order valence-corrected chi connectivity index (χ1v) is 13.5. The summed E-state index contributed by atoms with van der Waals surface area (Å²) < 4.78 is 8.79. The largest absolute Gasteiger partial charge is 0.399 e. The zero-order valence-electron chi connectivity index (χ0n) is 25.0. The fourth-order valence-electron chi connectivity index (χ4n) is 3.00. The molecule has 0 atom stereocenters.